The minimum absolute atomic E-state index is 0.0659. The van der Waals surface area contributed by atoms with Crippen LogP contribution >= 0.6 is 0 Å². The number of carbonyl (C=O) groups excluding carboxylic acids is 1. The molecule has 0 aromatic rings. The lowest BCUT2D eigenvalue weighted by molar-refractivity contribution is -0.142. The molecule has 1 aliphatic heterocycles. The van der Waals surface area contributed by atoms with Gasteiger partial charge in [0.1, 0.15) is 0 Å². The van der Waals surface area contributed by atoms with Crippen molar-refractivity contribution in [2.75, 3.05) is 13.6 Å². The number of likely N-dealkylation sites (tertiary alicyclic amines) is 1. The lowest BCUT2D eigenvalue weighted by atomic mass is 9.93. The second-order valence-corrected chi connectivity index (χ2v) is 5.18. The Morgan fingerprint density at radius 2 is 2.00 bits per heavy atom. The number of likely N-dealkylation sites (N-methyl/N-ethyl adjacent to an activating group) is 1. The van der Waals surface area contributed by atoms with E-state index in [9.17, 15) is 4.79 Å². The van der Waals surface area contributed by atoms with E-state index in [2.05, 4.69) is 17.1 Å². The van der Waals surface area contributed by atoms with Crippen LogP contribution in [0.4, 0.5) is 0 Å². The van der Waals surface area contributed by atoms with Gasteiger partial charge < -0.3 is 10.2 Å². The molecule has 3 nitrogen and oxygen atoms in total. The molecule has 1 N–H and O–H groups in total. The van der Waals surface area contributed by atoms with Crippen LogP contribution in [0.5, 0.6) is 0 Å². The molecule has 15 heavy (non-hydrogen) atoms. The van der Waals surface area contributed by atoms with Gasteiger partial charge >= 0.3 is 0 Å². The van der Waals surface area contributed by atoms with Crippen molar-refractivity contribution in [1.82, 2.24) is 10.2 Å². The Morgan fingerprint density at radius 3 is 2.60 bits per heavy atom. The zero-order valence-corrected chi connectivity index (χ0v) is 9.88. The summed E-state index contributed by atoms with van der Waals surface area (Å²) in [7, 11) is 1.89. The molecule has 1 heterocycles. The third kappa shape index (κ3) is 1.89. The Bertz CT molecular complexity index is 246. The van der Waals surface area contributed by atoms with Gasteiger partial charge in [0, 0.05) is 12.1 Å². The van der Waals surface area contributed by atoms with E-state index >= 15 is 0 Å². The fraction of sp³-hybridized carbons (Fsp3) is 0.917. The molecule has 2 rings (SSSR count). The van der Waals surface area contributed by atoms with Gasteiger partial charge in [-0.15, -0.1) is 0 Å². The van der Waals surface area contributed by atoms with Gasteiger partial charge in [-0.3, -0.25) is 4.79 Å². The first kappa shape index (κ1) is 10.9. The van der Waals surface area contributed by atoms with Crippen LogP contribution in [-0.4, -0.2) is 36.0 Å². The highest BCUT2D eigenvalue weighted by molar-refractivity contribution is 5.83. The number of nitrogens with zero attached hydrogens (tertiary/aromatic N) is 1. The molecule has 1 amide bonds. The summed E-state index contributed by atoms with van der Waals surface area (Å²) in [5.74, 6) is 0.327. The van der Waals surface area contributed by atoms with Crippen LogP contribution < -0.4 is 5.32 Å². The molecular weight excluding hydrogens is 188 g/mol. The number of nitrogens with one attached hydrogen (secondary N) is 1. The Balaban J connectivity index is 2.10. The van der Waals surface area contributed by atoms with E-state index in [1.165, 1.54) is 25.7 Å². The highest BCUT2D eigenvalue weighted by atomic mass is 16.2. The topological polar surface area (TPSA) is 32.3 Å². The fourth-order valence-electron chi connectivity index (χ4n) is 3.09. The van der Waals surface area contributed by atoms with E-state index in [4.69, 9.17) is 0 Å². The molecule has 1 saturated heterocycles. The van der Waals surface area contributed by atoms with Crippen LogP contribution in [0.2, 0.25) is 0 Å². The Morgan fingerprint density at radius 1 is 1.33 bits per heavy atom. The summed E-state index contributed by atoms with van der Waals surface area (Å²) in [5, 5.41) is 3.13. The van der Waals surface area contributed by atoms with Gasteiger partial charge in [0.2, 0.25) is 5.91 Å². The monoisotopic (exact) mass is 210 g/mol. The van der Waals surface area contributed by atoms with Gasteiger partial charge in [-0.2, -0.15) is 0 Å². The molecule has 0 aromatic heterocycles. The van der Waals surface area contributed by atoms with E-state index in [1.54, 1.807) is 0 Å². The van der Waals surface area contributed by atoms with Crippen molar-refractivity contribution in [1.29, 1.82) is 0 Å². The van der Waals surface area contributed by atoms with Crippen LogP contribution in [-0.2, 0) is 4.79 Å². The van der Waals surface area contributed by atoms with Crippen molar-refractivity contribution in [3.63, 3.8) is 0 Å². The first-order valence-electron chi connectivity index (χ1n) is 6.16. The number of hydrogen-bond donors (Lipinski definition) is 1. The first-order valence-corrected chi connectivity index (χ1v) is 6.16. The minimum Gasteiger partial charge on any atom is -0.336 e. The van der Waals surface area contributed by atoms with Gasteiger partial charge in [-0.1, -0.05) is 12.8 Å². The van der Waals surface area contributed by atoms with Gasteiger partial charge in [0.05, 0.1) is 6.04 Å². The van der Waals surface area contributed by atoms with Gasteiger partial charge in [-0.25, -0.2) is 0 Å². The molecule has 0 spiro atoms. The van der Waals surface area contributed by atoms with Crippen LogP contribution in [0, 0.1) is 0 Å². The predicted octanol–water partition coefficient (Wildman–Crippen LogP) is 1.53. The molecule has 0 bridgehead atoms. The average Bonchev–Trinajstić information content (AvgIpc) is 2.66. The van der Waals surface area contributed by atoms with Crippen LogP contribution in [0.15, 0.2) is 0 Å². The molecule has 2 fully saturated rings. The van der Waals surface area contributed by atoms with E-state index in [0.29, 0.717) is 5.91 Å². The molecule has 2 aliphatic rings. The highest BCUT2D eigenvalue weighted by Gasteiger charge is 2.41. The normalized spacial score (nSPS) is 30.9. The Hall–Kier alpha value is -0.570. The van der Waals surface area contributed by atoms with Gasteiger partial charge in [-0.05, 0) is 39.7 Å². The van der Waals surface area contributed by atoms with E-state index < -0.39 is 0 Å². The van der Waals surface area contributed by atoms with Crippen molar-refractivity contribution in [3.05, 3.63) is 0 Å². The maximum atomic E-state index is 12.2. The number of piperidine rings is 1. The summed E-state index contributed by atoms with van der Waals surface area (Å²) < 4.78 is 0. The molecule has 1 aliphatic carbocycles. The highest BCUT2D eigenvalue weighted by Crippen LogP contribution is 2.36. The summed E-state index contributed by atoms with van der Waals surface area (Å²) in [6.45, 7) is 3.23. The molecular formula is C12H22N2O. The maximum Gasteiger partial charge on any atom is 0.240 e. The van der Waals surface area contributed by atoms with Crippen molar-refractivity contribution in [2.24, 2.45) is 0 Å². The van der Waals surface area contributed by atoms with Crippen molar-refractivity contribution in [3.8, 4) is 0 Å². The summed E-state index contributed by atoms with van der Waals surface area (Å²) in [6, 6.07) is 0.0659. The molecule has 1 atom stereocenters. The number of rotatable bonds is 2. The summed E-state index contributed by atoms with van der Waals surface area (Å²) in [5.41, 5.74) is 0.159. The minimum atomic E-state index is 0.0659. The van der Waals surface area contributed by atoms with E-state index in [0.717, 1.165) is 19.4 Å². The van der Waals surface area contributed by atoms with Crippen LogP contribution in [0.25, 0.3) is 0 Å². The molecule has 3 heteroatoms. The zero-order chi connectivity index (χ0) is 10.9. The fourth-order valence-corrected chi connectivity index (χ4v) is 3.09. The summed E-state index contributed by atoms with van der Waals surface area (Å²) >= 11 is 0. The molecule has 0 radical (unpaired) electrons. The molecule has 1 saturated carbocycles. The van der Waals surface area contributed by atoms with Crippen molar-refractivity contribution < 1.29 is 4.79 Å². The molecule has 86 valence electrons. The van der Waals surface area contributed by atoms with Gasteiger partial charge in [0.15, 0.2) is 0 Å². The van der Waals surface area contributed by atoms with Crippen LogP contribution in [0.3, 0.4) is 0 Å². The van der Waals surface area contributed by atoms with Crippen molar-refractivity contribution in [2.45, 2.75) is 57.0 Å². The van der Waals surface area contributed by atoms with Gasteiger partial charge in [0.25, 0.3) is 0 Å². The smallest absolute Gasteiger partial charge is 0.240 e. The average molecular weight is 210 g/mol. The first-order chi connectivity index (χ1) is 7.17. The maximum absolute atomic E-state index is 12.2. The second-order valence-electron chi connectivity index (χ2n) is 5.18. The second kappa shape index (κ2) is 4.12. The zero-order valence-electron chi connectivity index (χ0n) is 9.88. The third-order valence-corrected chi connectivity index (χ3v) is 4.12. The third-order valence-electron chi connectivity index (χ3n) is 4.12. The van der Waals surface area contributed by atoms with E-state index in [-0.39, 0.29) is 11.6 Å². The lowest BCUT2D eigenvalue weighted by Crippen LogP contribution is -2.57. The Labute approximate surface area is 92.2 Å². The number of amides is 1. The SMILES string of the molecule is CNC1CCCN(C2(C)CCCC2)C1=O. The summed E-state index contributed by atoms with van der Waals surface area (Å²) in [6.07, 6.45) is 7.09. The number of carbonyl (C=O) groups is 1. The molecule has 1 unspecified atom stereocenters. The largest absolute Gasteiger partial charge is 0.336 e. The summed E-state index contributed by atoms with van der Waals surface area (Å²) in [4.78, 5) is 14.4. The lowest BCUT2D eigenvalue weighted by Gasteiger charge is -2.43. The van der Waals surface area contributed by atoms with Crippen LogP contribution in [0.1, 0.15) is 45.4 Å². The van der Waals surface area contributed by atoms with E-state index in [1.807, 2.05) is 7.05 Å². The standard InChI is InChI=1S/C12H22N2O/c1-12(7-3-4-8-12)14-9-5-6-10(13-2)11(14)15/h10,13H,3-9H2,1-2H3. The molecule has 0 aromatic carbocycles. The van der Waals surface area contributed by atoms with Crippen molar-refractivity contribution >= 4 is 5.91 Å². The quantitative estimate of drug-likeness (QED) is 0.749. The predicted molar refractivity (Wildman–Crippen MR) is 60.7 cm³/mol. The Kier molecular flexibility index (Phi) is 3.01. The number of hydrogen-bond acceptors (Lipinski definition) is 2.